The summed E-state index contributed by atoms with van der Waals surface area (Å²) in [4.78, 5) is 8.54. The Kier molecular flexibility index (Phi) is 5.77. The Morgan fingerprint density at radius 2 is 1.91 bits per heavy atom. The maximum absolute atomic E-state index is 10.2. The van der Waals surface area contributed by atoms with Crippen molar-refractivity contribution >= 4 is 22.6 Å². The topological polar surface area (TPSA) is 58.0 Å². The largest absolute Gasteiger partial charge is 0.504 e. The molecule has 120 valence electrons. The summed E-state index contributed by atoms with van der Waals surface area (Å²) in [6.45, 7) is 6.25. The van der Waals surface area contributed by atoms with Crippen LogP contribution >= 0.6 is 11.6 Å². The molecule has 23 heavy (non-hydrogen) atoms. The molecule has 0 amide bonds. The van der Waals surface area contributed by atoms with Crippen LogP contribution in [0.2, 0.25) is 0 Å². The number of fused-ring (bicyclic) bond motifs is 1. The van der Waals surface area contributed by atoms with E-state index in [1.54, 1.807) is 24.5 Å². The Balaban J connectivity index is 2.15. The number of nitrogens with zero attached hydrogens (tertiary/aromatic N) is 2. The van der Waals surface area contributed by atoms with E-state index in [1.807, 2.05) is 39.0 Å². The second kappa shape index (κ2) is 7.79. The van der Waals surface area contributed by atoms with Crippen LogP contribution in [-0.4, -0.2) is 15.1 Å². The van der Waals surface area contributed by atoms with Gasteiger partial charge < -0.3 is 10.4 Å². The molecular weight excluding hydrogens is 310 g/mol. The molecule has 0 bridgehead atoms. The van der Waals surface area contributed by atoms with Crippen LogP contribution in [-0.2, 0) is 6.54 Å². The third-order valence-electron chi connectivity index (χ3n) is 3.20. The van der Waals surface area contributed by atoms with Crippen LogP contribution in [0.3, 0.4) is 0 Å². The number of hydrogen-bond donors (Lipinski definition) is 2. The van der Waals surface area contributed by atoms with E-state index in [2.05, 4.69) is 15.3 Å². The van der Waals surface area contributed by atoms with Gasteiger partial charge in [-0.2, -0.15) is 0 Å². The van der Waals surface area contributed by atoms with E-state index in [0.717, 1.165) is 22.2 Å². The van der Waals surface area contributed by atoms with Crippen molar-refractivity contribution in [2.75, 3.05) is 0 Å². The van der Waals surface area contributed by atoms with Crippen LogP contribution in [0.1, 0.15) is 26.3 Å². The van der Waals surface area contributed by atoms with E-state index >= 15 is 0 Å². The summed E-state index contributed by atoms with van der Waals surface area (Å²) in [7, 11) is 0. The number of aromatic nitrogens is 2. The highest BCUT2D eigenvalue weighted by Crippen LogP contribution is 2.18. The molecule has 1 heterocycles. The zero-order valence-corrected chi connectivity index (χ0v) is 14.2. The van der Waals surface area contributed by atoms with Crippen LogP contribution in [0.15, 0.2) is 64.8 Å². The average Bonchev–Trinajstić information content (AvgIpc) is 2.54. The molecular formula is C18H20ClN3O. The van der Waals surface area contributed by atoms with Crippen molar-refractivity contribution in [3.8, 4) is 0 Å². The van der Waals surface area contributed by atoms with Gasteiger partial charge in [0.15, 0.2) is 5.76 Å². The molecule has 0 atom stereocenters. The van der Waals surface area contributed by atoms with E-state index in [1.165, 1.54) is 0 Å². The third-order valence-corrected chi connectivity index (χ3v) is 3.49. The smallest absolute Gasteiger partial charge is 0.157 e. The van der Waals surface area contributed by atoms with E-state index in [4.69, 9.17) is 11.6 Å². The maximum atomic E-state index is 10.2. The minimum absolute atomic E-state index is 0.0379. The second-order valence-electron chi connectivity index (χ2n) is 5.35. The highest BCUT2D eigenvalue weighted by atomic mass is 35.5. The van der Waals surface area contributed by atoms with E-state index < -0.39 is 0 Å². The van der Waals surface area contributed by atoms with Gasteiger partial charge in [0.1, 0.15) is 0 Å². The summed E-state index contributed by atoms with van der Waals surface area (Å²) in [6.07, 6.45) is 6.86. The first-order valence-corrected chi connectivity index (χ1v) is 7.73. The molecule has 4 nitrogen and oxygen atoms in total. The summed E-state index contributed by atoms with van der Waals surface area (Å²) in [5, 5.41) is 13.7. The van der Waals surface area contributed by atoms with Crippen LogP contribution in [0, 0.1) is 0 Å². The summed E-state index contributed by atoms with van der Waals surface area (Å²) < 4.78 is 0. The molecule has 0 fully saturated rings. The Labute approximate surface area is 141 Å². The van der Waals surface area contributed by atoms with Crippen molar-refractivity contribution in [2.24, 2.45) is 0 Å². The minimum Gasteiger partial charge on any atom is -0.504 e. The van der Waals surface area contributed by atoms with Gasteiger partial charge in [0, 0.05) is 18.9 Å². The highest BCUT2D eigenvalue weighted by Gasteiger charge is 2.07. The number of halogens is 1. The molecule has 0 saturated heterocycles. The van der Waals surface area contributed by atoms with Gasteiger partial charge in [0.2, 0.25) is 0 Å². The van der Waals surface area contributed by atoms with Gasteiger partial charge in [-0.25, -0.2) is 0 Å². The molecule has 0 radical (unpaired) electrons. The first kappa shape index (κ1) is 17.0. The van der Waals surface area contributed by atoms with Gasteiger partial charge in [-0.05, 0) is 44.5 Å². The SMILES string of the molecule is C/C=C(NCc1ccc2nccnc2c1)\C(O)=C(\Cl)C=C(C)C. The van der Waals surface area contributed by atoms with Crippen molar-refractivity contribution < 1.29 is 5.11 Å². The van der Waals surface area contributed by atoms with Crippen LogP contribution in [0.4, 0.5) is 0 Å². The number of allylic oxidation sites excluding steroid dienone is 4. The maximum Gasteiger partial charge on any atom is 0.157 e. The lowest BCUT2D eigenvalue weighted by Gasteiger charge is -2.11. The fourth-order valence-corrected chi connectivity index (χ4v) is 2.41. The molecule has 2 rings (SSSR count). The Morgan fingerprint density at radius 1 is 1.22 bits per heavy atom. The predicted molar refractivity (Wildman–Crippen MR) is 95.1 cm³/mol. The fraction of sp³-hybridized carbons (Fsp3) is 0.222. The number of aliphatic hydroxyl groups is 1. The predicted octanol–water partition coefficient (Wildman–Crippen LogP) is 4.60. The summed E-state index contributed by atoms with van der Waals surface area (Å²) >= 11 is 6.11. The monoisotopic (exact) mass is 329 g/mol. The summed E-state index contributed by atoms with van der Waals surface area (Å²) in [5.41, 5.74) is 4.35. The molecule has 0 spiro atoms. The quantitative estimate of drug-likeness (QED) is 0.622. The molecule has 2 N–H and O–H groups in total. The lowest BCUT2D eigenvalue weighted by atomic mass is 10.2. The zero-order valence-electron chi connectivity index (χ0n) is 13.5. The van der Waals surface area contributed by atoms with Gasteiger partial charge in [0.05, 0.1) is 21.8 Å². The van der Waals surface area contributed by atoms with Crippen molar-refractivity contribution in [2.45, 2.75) is 27.3 Å². The third kappa shape index (κ3) is 4.57. The standard InChI is InChI=1S/C18H20ClN3O/c1-4-15(18(23)14(19)9-12(2)3)22-11-13-5-6-16-17(10-13)21-8-7-20-16/h4-10,22-23H,11H2,1-3H3/b15-4+,18-14-. The summed E-state index contributed by atoms with van der Waals surface area (Å²) in [5.74, 6) is 0.0379. The molecule has 2 aromatic rings. The summed E-state index contributed by atoms with van der Waals surface area (Å²) in [6, 6.07) is 5.89. The van der Waals surface area contributed by atoms with Crippen LogP contribution in [0.25, 0.3) is 11.0 Å². The van der Waals surface area contributed by atoms with Crippen molar-refractivity contribution in [1.29, 1.82) is 0 Å². The van der Waals surface area contributed by atoms with Gasteiger partial charge in [0.25, 0.3) is 0 Å². The lowest BCUT2D eigenvalue weighted by Crippen LogP contribution is -2.15. The molecule has 5 heteroatoms. The fourth-order valence-electron chi connectivity index (χ4n) is 2.09. The Hall–Kier alpha value is -2.33. The number of aliphatic hydroxyl groups excluding tert-OH is 1. The highest BCUT2D eigenvalue weighted by molar-refractivity contribution is 6.31. The first-order valence-electron chi connectivity index (χ1n) is 7.35. The Morgan fingerprint density at radius 3 is 2.57 bits per heavy atom. The van der Waals surface area contributed by atoms with Gasteiger partial charge >= 0.3 is 0 Å². The lowest BCUT2D eigenvalue weighted by molar-refractivity contribution is 0.411. The van der Waals surface area contributed by atoms with Crippen LogP contribution < -0.4 is 5.32 Å². The molecule has 1 aromatic heterocycles. The molecule has 0 aliphatic carbocycles. The molecule has 0 aliphatic heterocycles. The normalized spacial score (nSPS) is 12.8. The van der Waals surface area contributed by atoms with Crippen LogP contribution in [0.5, 0.6) is 0 Å². The van der Waals surface area contributed by atoms with Gasteiger partial charge in [-0.15, -0.1) is 0 Å². The zero-order chi connectivity index (χ0) is 16.8. The van der Waals surface area contributed by atoms with Gasteiger partial charge in [-0.3, -0.25) is 9.97 Å². The van der Waals surface area contributed by atoms with Gasteiger partial charge in [-0.1, -0.05) is 29.3 Å². The number of nitrogens with one attached hydrogen (secondary N) is 1. The van der Waals surface area contributed by atoms with Crippen molar-refractivity contribution in [3.63, 3.8) is 0 Å². The number of hydrogen-bond acceptors (Lipinski definition) is 4. The van der Waals surface area contributed by atoms with E-state index in [-0.39, 0.29) is 5.76 Å². The number of benzene rings is 1. The second-order valence-corrected chi connectivity index (χ2v) is 5.76. The Bertz CT molecular complexity index is 790. The molecule has 1 aromatic carbocycles. The molecule has 0 aliphatic rings. The first-order chi connectivity index (χ1) is 11.0. The molecule has 0 unspecified atom stereocenters. The average molecular weight is 330 g/mol. The van der Waals surface area contributed by atoms with E-state index in [9.17, 15) is 5.11 Å². The molecule has 0 saturated carbocycles. The number of rotatable bonds is 5. The minimum atomic E-state index is 0.0379. The van der Waals surface area contributed by atoms with E-state index in [0.29, 0.717) is 17.3 Å². The van der Waals surface area contributed by atoms with Crippen molar-refractivity contribution in [1.82, 2.24) is 15.3 Å². The van der Waals surface area contributed by atoms with Crippen molar-refractivity contribution in [3.05, 3.63) is 70.4 Å².